The molecule has 0 fully saturated rings. The Morgan fingerprint density at radius 3 is 2.19 bits per heavy atom. The zero-order valence-corrected chi connectivity index (χ0v) is 18.7. The number of aromatic nitrogens is 1. The molecule has 1 N–H and O–H groups in total. The number of nitrogens with zero attached hydrogens (tertiary/aromatic N) is 1. The highest BCUT2D eigenvalue weighted by molar-refractivity contribution is 6.17. The summed E-state index contributed by atoms with van der Waals surface area (Å²) in [6.45, 7) is 3.95. The molecule has 0 spiro atoms. The number of rotatable bonds is 9. The molecule has 1 aromatic heterocycles. The predicted molar refractivity (Wildman–Crippen MR) is 115 cm³/mol. The van der Waals surface area contributed by atoms with Crippen molar-refractivity contribution in [2.24, 2.45) is 5.16 Å². The third-order valence-corrected chi connectivity index (χ3v) is 4.56. The lowest BCUT2D eigenvalue weighted by atomic mass is 10.0. The third-order valence-electron chi connectivity index (χ3n) is 4.56. The number of H-pyrrole nitrogens is 1. The highest BCUT2D eigenvalue weighted by atomic mass is 35.5. The summed E-state index contributed by atoms with van der Waals surface area (Å²) in [5.74, 6) is 2.48. The molecule has 7 nitrogen and oxygen atoms in total. The molecule has 0 saturated heterocycles. The molecule has 31 heavy (non-hydrogen) atoms. The Bertz CT molecular complexity index is 1080. The Kier molecular flexibility index (Phi) is 8.52. The molecule has 8 heteroatoms. The molecule has 2 aromatic carbocycles. The van der Waals surface area contributed by atoms with E-state index in [2.05, 4.69) is 16.7 Å². The van der Waals surface area contributed by atoms with Crippen molar-refractivity contribution < 1.29 is 41.2 Å². The fourth-order valence-corrected chi connectivity index (χ4v) is 3.12. The van der Waals surface area contributed by atoms with Crippen LogP contribution in [0.4, 0.5) is 0 Å². The average Bonchev–Trinajstić information content (AvgIpc) is 2.80. The number of halogens is 1. The Hall–Kier alpha value is -3.45. The quantitative estimate of drug-likeness (QED) is 0.210. The Morgan fingerprint density at radius 2 is 1.55 bits per heavy atom. The zero-order chi connectivity index (χ0) is 21.5. The number of hydrogen-bond acceptors (Lipinski definition) is 6. The smallest absolute Gasteiger partial charge is 0.241 e. The van der Waals surface area contributed by atoms with E-state index in [0.29, 0.717) is 28.7 Å². The molecule has 0 aliphatic rings. The summed E-state index contributed by atoms with van der Waals surface area (Å²) in [4.78, 5) is 8.74. The van der Waals surface area contributed by atoms with E-state index < -0.39 is 0 Å². The number of fused-ring (bicyclic) bond motifs is 1. The van der Waals surface area contributed by atoms with Gasteiger partial charge in [-0.2, -0.15) is 0 Å². The van der Waals surface area contributed by atoms with Crippen molar-refractivity contribution in [2.75, 3.05) is 35.0 Å². The molecular weight excluding hydrogens is 420 g/mol. The Morgan fingerprint density at radius 1 is 0.903 bits per heavy atom. The predicted octanol–water partition coefficient (Wildman–Crippen LogP) is 0.647. The first-order valence-corrected chi connectivity index (χ1v) is 9.26. The van der Waals surface area contributed by atoms with Gasteiger partial charge in [0, 0.05) is 11.6 Å². The van der Waals surface area contributed by atoms with Crippen molar-refractivity contribution in [3.8, 4) is 23.0 Å². The second-order valence-electron chi connectivity index (χ2n) is 6.24. The van der Waals surface area contributed by atoms with Crippen molar-refractivity contribution in [1.29, 1.82) is 0 Å². The first kappa shape index (κ1) is 23.8. The molecule has 0 unspecified atom stereocenters. The van der Waals surface area contributed by atoms with Crippen LogP contribution >= 0.6 is 0 Å². The van der Waals surface area contributed by atoms with Gasteiger partial charge in [-0.3, -0.25) is 0 Å². The first-order chi connectivity index (χ1) is 14.7. The molecule has 0 bridgehead atoms. The molecule has 0 aliphatic heterocycles. The van der Waals surface area contributed by atoms with Gasteiger partial charge in [0.15, 0.2) is 34.9 Å². The number of hydrogen-bond donors (Lipinski definition) is 0. The van der Waals surface area contributed by atoms with Gasteiger partial charge < -0.3 is 36.2 Å². The normalized spacial score (nSPS) is 10.8. The van der Waals surface area contributed by atoms with Crippen LogP contribution in [0.25, 0.3) is 10.8 Å². The molecule has 3 rings (SSSR count). The van der Waals surface area contributed by atoms with Crippen molar-refractivity contribution in [3.63, 3.8) is 0 Å². The molecule has 0 amide bonds. The molecule has 1 heterocycles. The van der Waals surface area contributed by atoms with Gasteiger partial charge in [0.2, 0.25) is 5.69 Å². The summed E-state index contributed by atoms with van der Waals surface area (Å²) < 4.78 is 21.7. The molecule has 0 saturated carbocycles. The molecule has 3 aromatic rings. The van der Waals surface area contributed by atoms with Crippen molar-refractivity contribution in [2.45, 2.75) is 0 Å². The molecular formula is C23H25ClN2O5. The maximum atomic E-state index is 5.49. The molecule has 164 valence electrons. The van der Waals surface area contributed by atoms with Gasteiger partial charge in [0.25, 0.3) is 0 Å². The molecule has 0 atom stereocenters. The maximum Gasteiger partial charge on any atom is 0.241 e. The topological polar surface area (TPSA) is 72.7 Å². The van der Waals surface area contributed by atoms with Gasteiger partial charge in [0.05, 0.1) is 33.8 Å². The highest BCUT2D eigenvalue weighted by Gasteiger charge is 2.22. The van der Waals surface area contributed by atoms with E-state index in [9.17, 15) is 0 Å². The van der Waals surface area contributed by atoms with E-state index in [0.717, 1.165) is 22.0 Å². The number of nitrogens with one attached hydrogen (secondary N) is 1. The fourth-order valence-electron chi connectivity index (χ4n) is 3.12. The van der Waals surface area contributed by atoms with E-state index in [1.807, 2.05) is 42.6 Å². The lowest BCUT2D eigenvalue weighted by molar-refractivity contribution is -0.378. The van der Waals surface area contributed by atoms with Crippen molar-refractivity contribution in [3.05, 3.63) is 66.5 Å². The summed E-state index contributed by atoms with van der Waals surface area (Å²) in [7, 11) is 6.40. The van der Waals surface area contributed by atoms with Crippen molar-refractivity contribution in [1.82, 2.24) is 0 Å². The van der Waals surface area contributed by atoms with Crippen LogP contribution in [-0.4, -0.2) is 40.8 Å². The summed E-state index contributed by atoms with van der Waals surface area (Å²) in [6.07, 6.45) is 3.48. The minimum absolute atomic E-state index is 0. The van der Waals surface area contributed by atoms with Gasteiger partial charge in [-0.1, -0.05) is 17.8 Å². The minimum atomic E-state index is 0. The fraction of sp³-hybridized carbons (Fsp3) is 0.217. The van der Waals surface area contributed by atoms with Crippen LogP contribution in [0.3, 0.4) is 0 Å². The summed E-state index contributed by atoms with van der Waals surface area (Å²) in [5, 5.41) is 6.23. The van der Waals surface area contributed by atoms with E-state index in [-0.39, 0.29) is 19.0 Å². The van der Waals surface area contributed by atoms with Crippen LogP contribution in [0, 0.1) is 0 Å². The minimum Gasteiger partial charge on any atom is -1.00 e. The van der Waals surface area contributed by atoms with Crippen molar-refractivity contribution >= 4 is 16.5 Å². The number of benzene rings is 2. The van der Waals surface area contributed by atoms with Crippen LogP contribution in [-0.2, 0) is 4.84 Å². The number of methoxy groups -OCH3 is 4. The van der Waals surface area contributed by atoms with Crippen LogP contribution in [0.1, 0.15) is 11.3 Å². The summed E-state index contributed by atoms with van der Waals surface area (Å²) in [5.41, 5.74) is 2.13. The number of ether oxygens (including phenoxy) is 4. The lowest BCUT2D eigenvalue weighted by Crippen LogP contribution is -3.00. The van der Waals surface area contributed by atoms with E-state index in [4.69, 9.17) is 23.8 Å². The van der Waals surface area contributed by atoms with Crippen LogP contribution in [0.2, 0.25) is 0 Å². The van der Waals surface area contributed by atoms with E-state index in [1.165, 1.54) is 0 Å². The van der Waals surface area contributed by atoms with Crippen LogP contribution < -0.4 is 36.3 Å². The first-order valence-electron chi connectivity index (χ1n) is 9.26. The Balaban J connectivity index is 0.00000341. The van der Waals surface area contributed by atoms with Gasteiger partial charge in [-0.25, -0.2) is 4.98 Å². The second-order valence-corrected chi connectivity index (χ2v) is 6.24. The zero-order valence-electron chi connectivity index (χ0n) is 17.9. The SMILES string of the molecule is C=CCO/N=C(\c1ccc(OC)c(OC)c1)c1[nH+]ccc2cc(OC)c(OC)cc12.[Cl-]. The summed E-state index contributed by atoms with van der Waals surface area (Å²) >= 11 is 0. The number of aromatic amines is 1. The monoisotopic (exact) mass is 444 g/mol. The lowest BCUT2D eigenvalue weighted by Gasteiger charge is -2.12. The highest BCUT2D eigenvalue weighted by Crippen LogP contribution is 2.34. The van der Waals surface area contributed by atoms with E-state index in [1.54, 1.807) is 34.5 Å². The molecule has 0 radical (unpaired) electrons. The second kappa shape index (κ2) is 11.1. The number of pyridine rings is 1. The largest absolute Gasteiger partial charge is 1.00 e. The average molecular weight is 445 g/mol. The standard InChI is InChI=1S/C23H24N2O5.ClH/c1-6-11-30-25-22(16-7-8-18(26-2)19(13-16)27-3)23-17-14-21(29-5)20(28-4)12-15(17)9-10-24-23;/h6-10,12-14H,1,11H2,2-5H3;1H/b25-22+;. The van der Waals surface area contributed by atoms with Crippen LogP contribution in [0.15, 0.2) is 60.4 Å². The maximum absolute atomic E-state index is 5.49. The van der Waals surface area contributed by atoms with Gasteiger partial charge in [-0.05, 0) is 35.7 Å². The van der Waals surface area contributed by atoms with Gasteiger partial charge in [-0.15, -0.1) is 0 Å². The van der Waals surface area contributed by atoms with Crippen LogP contribution in [0.5, 0.6) is 23.0 Å². The summed E-state index contributed by atoms with van der Waals surface area (Å²) in [6, 6.07) is 11.4. The van der Waals surface area contributed by atoms with Gasteiger partial charge in [0.1, 0.15) is 6.61 Å². The van der Waals surface area contributed by atoms with E-state index >= 15 is 0 Å². The third kappa shape index (κ3) is 5.00. The molecule has 0 aliphatic carbocycles. The number of oxime groups is 1. The van der Waals surface area contributed by atoms with Gasteiger partial charge >= 0.3 is 0 Å². The Labute approximate surface area is 187 Å².